The number of hydrogen-bond donors (Lipinski definition) is 2. The van der Waals surface area contributed by atoms with Crippen LogP contribution in [0.25, 0.3) is 16.8 Å². The normalized spacial score (nSPS) is 12.0. The molecule has 28 heavy (non-hydrogen) atoms. The summed E-state index contributed by atoms with van der Waals surface area (Å²) in [5.74, 6) is -0.125. The summed E-state index contributed by atoms with van der Waals surface area (Å²) in [6.07, 6.45) is 0.596. The van der Waals surface area contributed by atoms with Gasteiger partial charge in [0.05, 0.1) is 12.3 Å². The molecule has 7 nitrogen and oxygen atoms in total. The van der Waals surface area contributed by atoms with Crippen molar-refractivity contribution in [1.29, 1.82) is 0 Å². The van der Waals surface area contributed by atoms with Crippen molar-refractivity contribution in [2.24, 2.45) is 0 Å². The largest absolute Gasteiger partial charge is 0.394 e. The number of aliphatic hydroxyl groups is 1. The van der Waals surface area contributed by atoms with Gasteiger partial charge in [-0.3, -0.25) is 4.79 Å². The molecule has 0 saturated heterocycles. The first kappa shape index (κ1) is 19.6. The maximum atomic E-state index is 14.6. The zero-order chi connectivity index (χ0) is 20.3. The molecular formula is C20H22FN5O2. The van der Waals surface area contributed by atoms with Crippen LogP contribution in [0.4, 0.5) is 4.39 Å². The highest BCUT2D eigenvalue weighted by Crippen LogP contribution is 2.27. The molecule has 1 unspecified atom stereocenters. The number of nitrogens with zero attached hydrogens (tertiary/aromatic N) is 4. The van der Waals surface area contributed by atoms with Crippen LogP contribution in [0.2, 0.25) is 0 Å². The Balaban J connectivity index is 2.15. The maximum Gasteiger partial charge on any atom is 0.251 e. The summed E-state index contributed by atoms with van der Waals surface area (Å²) in [6.45, 7) is 5.24. The molecule has 0 spiro atoms. The third kappa shape index (κ3) is 4.07. The van der Waals surface area contributed by atoms with Crippen LogP contribution in [0.5, 0.6) is 0 Å². The number of tetrazole rings is 1. The van der Waals surface area contributed by atoms with Gasteiger partial charge in [-0.15, -0.1) is 5.10 Å². The number of hydrogen-bond acceptors (Lipinski definition) is 5. The van der Waals surface area contributed by atoms with Crippen LogP contribution in [-0.2, 0) is 6.42 Å². The van der Waals surface area contributed by atoms with Crippen molar-refractivity contribution >= 4 is 5.91 Å². The second-order valence-corrected chi connectivity index (χ2v) is 6.67. The van der Waals surface area contributed by atoms with Crippen LogP contribution in [0.15, 0.2) is 36.4 Å². The molecule has 2 N–H and O–H groups in total. The van der Waals surface area contributed by atoms with Gasteiger partial charge in [0.1, 0.15) is 5.82 Å². The minimum absolute atomic E-state index is 0.183. The molecule has 0 bridgehead atoms. The van der Waals surface area contributed by atoms with E-state index in [9.17, 15) is 14.3 Å². The maximum absolute atomic E-state index is 14.6. The van der Waals surface area contributed by atoms with Crippen LogP contribution in [-0.4, -0.2) is 43.9 Å². The van der Waals surface area contributed by atoms with Crippen molar-refractivity contribution in [3.05, 3.63) is 59.2 Å². The molecule has 0 aliphatic heterocycles. The predicted octanol–water partition coefficient (Wildman–Crippen LogP) is 2.45. The Morgan fingerprint density at radius 1 is 1.29 bits per heavy atom. The zero-order valence-electron chi connectivity index (χ0n) is 16.0. The number of aryl methyl sites for hydroxylation is 2. The van der Waals surface area contributed by atoms with E-state index in [2.05, 4.69) is 20.8 Å². The lowest BCUT2D eigenvalue weighted by atomic mass is 9.99. The third-order valence-corrected chi connectivity index (χ3v) is 4.36. The van der Waals surface area contributed by atoms with Crippen LogP contribution >= 0.6 is 0 Å². The summed E-state index contributed by atoms with van der Waals surface area (Å²) in [6, 6.07) is 9.54. The molecule has 146 valence electrons. The lowest BCUT2D eigenvalue weighted by molar-refractivity contribution is 0.0922. The van der Waals surface area contributed by atoms with Crippen molar-refractivity contribution in [3.63, 3.8) is 0 Å². The van der Waals surface area contributed by atoms with Gasteiger partial charge >= 0.3 is 0 Å². The van der Waals surface area contributed by atoms with E-state index in [1.54, 1.807) is 31.2 Å². The van der Waals surface area contributed by atoms with Crippen LogP contribution in [0, 0.1) is 12.7 Å². The quantitative estimate of drug-likeness (QED) is 0.682. The first-order valence-electron chi connectivity index (χ1n) is 9.04. The average Bonchev–Trinajstić information content (AvgIpc) is 3.16. The van der Waals surface area contributed by atoms with Gasteiger partial charge in [-0.25, -0.2) is 4.39 Å². The fourth-order valence-electron chi connectivity index (χ4n) is 2.85. The molecule has 1 atom stereocenters. The van der Waals surface area contributed by atoms with Crippen LogP contribution < -0.4 is 5.32 Å². The highest BCUT2D eigenvalue weighted by atomic mass is 19.1. The monoisotopic (exact) mass is 383 g/mol. The van der Waals surface area contributed by atoms with E-state index in [1.165, 1.54) is 10.7 Å². The smallest absolute Gasteiger partial charge is 0.251 e. The number of amides is 1. The average molecular weight is 383 g/mol. The number of aliphatic hydroxyl groups excluding tert-OH is 1. The fraction of sp³-hybridized carbons (Fsp3) is 0.300. The topological polar surface area (TPSA) is 92.9 Å². The second-order valence-electron chi connectivity index (χ2n) is 6.67. The molecule has 8 heteroatoms. The van der Waals surface area contributed by atoms with Gasteiger partial charge in [-0.1, -0.05) is 19.1 Å². The van der Waals surface area contributed by atoms with Gasteiger partial charge in [0.2, 0.25) is 0 Å². The molecule has 3 rings (SSSR count). The lowest BCUT2D eigenvalue weighted by Crippen LogP contribution is -2.35. The molecule has 3 aromatic rings. The Morgan fingerprint density at radius 3 is 2.75 bits per heavy atom. The summed E-state index contributed by atoms with van der Waals surface area (Å²) in [7, 11) is 0. The summed E-state index contributed by atoms with van der Waals surface area (Å²) < 4.78 is 16.1. The summed E-state index contributed by atoms with van der Waals surface area (Å²) >= 11 is 0. The minimum atomic E-state index is -0.407. The van der Waals surface area contributed by atoms with E-state index < -0.39 is 6.04 Å². The Morgan fingerprint density at radius 2 is 2.07 bits per heavy atom. The number of rotatable bonds is 6. The van der Waals surface area contributed by atoms with E-state index in [1.807, 2.05) is 19.9 Å². The van der Waals surface area contributed by atoms with E-state index >= 15 is 0 Å². The van der Waals surface area contributed by atoms with Crippen molar-refractivity contribution in [2.75, 3.05) is 6.61 Å². The van der Waals surface area contributed by atoms with E-state index in [0.717, 1.165) is 5.56 Å². The molecule has 1 amide bonds. The molecule has 0 fully saturated rings. The molecule has 0 radical (unpaired) electrons. The predicted molar refractivity (Wildman–Crippen MR) is 103 cm³/mol. The fourth-order valence-corrected chi connectivity index (χ4v) is 2.85. The van der Waals surface area contributed by atoms with Gasteiger partial charge in [0, 0.05) is 23.6 Å². The number of benzene rings is 2. The number of halogens is 1. The first-order chi connectivity index (χ1) is 13.4. The van der Waals surface area contributed by atoms with Gasteiger partial charge < -0.3 is 10.4 Å². The van der Waals surface area contributed by atoms with Gasteiger partial charge in [0.15, 0.2) is 5.82 Å². The van der Waals surface area contributed by atoms with Gasteiger partial charge in [-0.2, -0.15) is 4.68 Å². The van der Waals surface area contributed by atoms with Crippen molar-refractivity contribution < 1.29 is 14.3 Å². The Kier molecular flexibility index (Phi) is 5.79. The van der Waals surface area contributed by atoms with Crippen molar-refractivity contribution in [2.45, 2.75) is 33.2 Å². The molecule has 1 aromatic heterocycles. The van der Waals surface area contributed by atoms with E-state index in [0.29, 0.717) is 34.6 Å². The zero-order valence-corrected chi connectivity index (χ0v) is 16.0. The Bertz CT molecular complexity index is 1000. The molecule has 2 aromatic carbocycles. The van der Waals surface area contributed by atoms with Crippen molar-refractivity contribution in [3.8, 4) is 16.8 Å². The van der Waals surface area contributed by atoms with E-state index in [-0.39, 0.29) is 18.3 Å². The molecule has 0 aliphatic rings. The second kappa shape index (κ2) is 8.26. The number of aromatic nitrogens is 4. The Labute approximate surface area is 162 Å². The molecule has 0 aliphatic carbocycles. The SMILES string of the molecule is CCc1nnnn1-c1cc(C(=O)NC(C)CO)cc(-c2ccc(C)cc2F)c1. The standard InChI is InChI=1S/C20H22FN5O2/c1-4-19-23-24-25-26(19)16-9-14(17-6-5-12(2)7-18(17)21)8-15(10-16)20(28)22-13(3)11-27/h5-10,13,27H,4,11H2,1-3H3,(H,22,28). The number of carbonyl (C=O) groups excluding carboxylic acids is 1. The van der Waals surface area contributed by atoms with E-state index in [4.69, 9.17) is 0 Å². The highest BCUT2D eigenvalue weighted by Gasteiger charge is 2.16. The van der Waals surface area contributed by atoms with Crippen LogP contribution in [0.3, 0.4) is 0 Å². The van der Waals surface area contributed by atoms with Crippen molar-refractivity contribution in [1.82, 2.24) is 25.5 Å². The molecular weight excluding hydrogens is 361 g/mol. The van der Waals surface area contributed by atoms with Gasteiger partial charge in [0.25, 0.3) is 5.91 Å². The molecule has 0 saturated carbocycles. The summed E-state index contributed by atoms with van der Waals surface area (Å²) in [5, 5.41) is 23.6. The number of carbonyl (C=O) groups is 1. The third-order valence-electron chi connectivity index (χ3n) is 4.36. The van der Waals surface area contributed by atoms with Gasteiger partial charge in [-0.05, 0) is 59.7 Å². The highest BCUT2D eigenvalue weighted by molar-refractivity contribution is 5.96. The van der Waals surface area contributed by atoms with Crippen LogP contribution in [0.1, 0.15) is 35.6 Å². The summed E-state index contributed by atoms with van der Waals surface area (Å²) in [5.41, 5.74) is 2.60. The number of nitrogens with one attached hydrogen (secondary N) is 1. The minimum Gasteiger partial charge on any atom is -0.394 e. The summed E-state index contributed by atoms with van der Waals surface area (Å²) in [4.78, 5) is 12.6. The lowest BCUT2D eigenvalue weighted by Gasteiger charge is -2.14. The Hall–Kier alpha value is -3.13. The molecule has 1 heterocycles. The first-order valence-corrected chi connectivity index (χ1v) is 9.04.